The van der Waals surface area contributed by atoms with Crippen molar-refractivity contribution in [2.45, 2.75) is 11.9 Å². The van der Waals surface area contributed by atoms with Gasteiger partial charge in [-0.1, -0.05) is 43.3 Å². The Balaban J connectivity index is 2.24. The lowest BCUT2D eigenvalue weighted by Crippen LogP contribution is -1.95. The molecule has 0 saturated heterocycles. The van der Waals surface area contributed by atoms with Crippen LogP contribution in [0.3, 0.4) is 0 Å². The molecule has 22 heavy (non-hydrogen) atoms. The summed E-state index contributed by atoms with van der Waals surface area (Å²) in [5, 5.41) is 12.5. The van der Waals surface area contributed by atoms with Crippen LogP contribution in [0.15, 0.2) is 58.9 Å². The normalized spacial score (nSPS) is 10.4. The lowest BCUT2D eigenvalue weighted by atomic mass is 10.0. The predicted octanol–water partition coefficient (Wildman–Crippen LogP) is 5.46. The Bertz CT molecular complexity index is 803. The van der Waals surface area contributed by atoms with Gasteiger partial charge in [0, 0.05) is 5.56 Å². The molecule has 0 saturated carbocycles. The third kappa shape index (κ3) is 2.92. The zero-order valence-corrected chi connectivity index (χ0v) is 13.7. The number of hydrogen-bond acceptors (Lipinski definition) is 4. The standard InChI is InChI=1S/C18H14N2S2/c1-2-21-18-15(12-19)14(13-7-4-3-5-8-13)11-16(20-18)17-9-6-10-22-17/h3-11H,2H2,1H3. The van der Waals surface area contributed by atoms with Gasteiger partial charge in [-0.2, -0.15) is 5.26 Å². The minimum Gasteiger partial charge on any atom is -0.239 e. The van der Waals surface area contributed by atoms with Gasteiger partial charge in [-0.25, -0.2) is 4.98 Å². The maximum absolute atomic E-state index is 9.61. The van der Waals surface area contributed by atoms with E-state index in [0.717, 1.165) is 32.5 Å². The van der Waals surface area contributed by atoms with Crippen molar-refractivity contribution in [3.63, 3.8) is 0 Å². The number of pyridine rings is 1. The molecule has 2 heterocycles. The molecule has 0 unspecified atom stereocenters. The van der Waals surface area contributed by atoms with Crippen LogP contribution in [0.5, 0.6) is 0 Å². The zero-order valence-electron chi connectivity index (χ0n) is 12.1. The molecule has 0 spiro atoms. The summed E-state index contributed by atoms with van der Waals surface area (Å²) in [4.78, 5) is 5.84. The molecule has 0 atom stereocenters. The fourth-order valence-electron chi connectivity index (χ4n) is 2.27. The minimum absolute atomic E-state index is 0.665. The van der Waals surface area contributed by atoms with Crippen LogP contribution in [-0.4, -0.2) is 10.7 Å². The van der Waals surface area contributed by atoms with Crippen molar-refractivity contribution in [1.29, 1.82) is 5.26 Å². The molecule has 0 aliphatic heterocycles. The number of thioether (sulfide) groups is 1. The molecular formula is C18H14N2S2. The third-order valence-electron chi connectivity index (χ3n) is 3.24. The fourth-order valence-corrected chi connectivity index (χ4v) is 3.69. The largest absolute Gasteiger partial charge is 0.239 e. The van der Waals surface area contributed by atoms with Crippen LogP contribution < -0.4 is 0 Å². The summed E-state index contributed by atoms with van der Waals surface area (Å²) in [5.74, 6) is 0.893. The topological polar surface area (TPSA) is 36.7 Å². The van der Waals surface area contributed by atoms with Gasteiger partial charge < -0.3 is 0 Å². The number of aromatic nitrogens is 1. The number of nitriles is 1. The highest BCUT2D eigenvalue weighted by Crippen LogP contribution is 2.35. The maximum Gasteiger partial charge on any atom is 0.115 e. The van der Waals surface area contributed by atoms with E-state index in [4.69, 9.17) is 4.98 Å². The summed E-state index contributed by atoms with van der Waals surface area (Å²) in [6.45, 7) is 2.08. The monoisotopic (exact) mass is 322 g/mol. The van der Waals surface area contributed by atoms with Crippen molar-refractivity contribution in [1.82, 2.24) is 4.98 Å². The van der Waals surface area contributed by atoms with E-state index in [-0.39, 0.29) is 0 Å². The minimum atomic E-state index is 0.665. The summed E-state index contributed by atoms with van der Waals surface area (Å²) in [6, 6.07) is 18.5. The molecule has 0 amide bonds. The smallest absolute Gasteiger partial charge is 0.115 e. The van der Waals surface area contributed by atoms with E-state index in [2.05, 4.69) is 19.1 Å². The second-order valence-corrected chi connectivity index (χ2v) is 6.82. The maximum atomic E-state index is 9.61. The van der Waals surface area contributed by atoms with E-state index < -0.39 is 0 Å². The molecule has 0 radical (unpaired) electrons. The Morgan fingerprint density at radius 3 is 2.64 bits per heavy atom. The average molecular weight is 322 g/mol. The Kier molecular flexibility index (Phi) is 4.57. The highest BCUT2D eigenvalue weighted by atomic mass is 32.2. The van der Waals surface area contributed by atoms with E-state index in [1.54, 1.807) is 23.1 Å². The molecule has 3 aromatic rings. The molecule has 0 N–H and O–H groups in total. The van der Waals surface area contributed by atoms with Crippen LogP contribution in [0.1, 0.15) is 12.5 Å². The van der Waals surface area contributed by atoms with Crippen LogP contribution >= 0.6 is 23.1 Å². The lowest BCUT2D eigenvalue weighted by molar-refractivity contribution is 1.12. The van der Waals surface area contributed by atoms with Gasteiger partial charge >= 0.3 is 0 Å². The fraction of sp³-hybridized carbons (Fsp3) is 0.111. The molecule has 2 nitrogen and oxygen atoms in total. The Morgan fingerprint density at radius 2 is 2.00 bits per heavy atom. The lowest BCUT2D eigenvalue weighted by Gasteiger charge is -2.11. The first-order valence-corrected chi connectivity index (χ1v) is 8.87. The van der Waals surface area contributed by atoms with Gasteiger partial charge in [0.05, 0.1) is 16.1 Å². The van der Waals surface area contributed by atoms with Crippen LogP contribution in [0.2, 0.25) is 0 Å². The van der Waals surface area contributed by atoms with Crippen molar-refractivity contribution < 1.29 is 0 Å². The van der Waals surface area contributed by atoms with E-state index >= 15 is 0 Å². The van der Waals surface area contributed by atoms with Crippen LogP contribution in [0.4, 0.5) is 0 Å². The quantitative estimate of drug-likeness (QED) is 0.598. The van der Waals surface area contributed by atoms with Gasteiger partial charge in [-0.05, 0) is 28.8 Å². The van der Waals surface area contributed by atoms with E-state index in [9.17, 15) is 5.26 Å². The molecular weight excluding hydrogens is 308 g/mol. The SMILES string of the molecule is CCSc1nc(-c2cccs2)cc(-c2ccccc2)c1C#N. The van der Waals surface area contributed by atoms with Gasteiger partial charge in [0.15, 0.2) is 0 Å². The van der Waals surface area contributed by atoms with Crippen LogP contribution in [0.25, 0.3) is 21.7 Å². The van der Waals surface area contributed by atoms with Gasteiger partial charge in [0.2, 0.25) is 0 Å². The molecule has 0 aliphatic carbocycles. The van der Waals surface area contributed by atoms with Crippen molar-refractivity contribution in [2.24, 2.45) is 0 Å². The van der Waals surface area contributed by atoms with Crippen molar-refractivity contribution >= 4 is 23.1 Å². The van der Waals surface area contributed by atoms with Gasteiger partial charge in [-0.15, -0.1) is 23.1 Å². The molecule has 4 heteroatoms. The summed E-state index contributed by atoms with van der Waals surface area (Å²) < 4.78 is 0. The summed E-state index contributed by atoms with van der Waals surface area (Å²) >= 11 is 3.28. The molecule has 2 aromatic heterocycles. The third-order valence-corrected chi connectivity index (χ3v) is 4.99. The number of thiophene rings is 1. The number of benzene rings is 1. The number of hydrogen-bond donors (Lipinski definition) is 0. The summed E-state index contributed by atoms with van der Waals surface area (Å²) in [5.41, 5.74) is 3.61. The van der Waals surface area contributed by atoms with Crippen molar-refractivity contribution in [3.8, 4) is 27.8 Å². The van der Waals surface area contributed by atoms with E-state index in [1.807, 2.05) is 47.8 Å². The summed E-state index contributed by atoms with van der Waals surface area (Å²) in [7, 11) is 0. The molecule has 108 valence electrons. The first-order valence-electron chi connectivity index (χ1n) is 7.00. The number of nitrogens with zero attached hydrogens (tertiary/aromatic N) is 2. The highest BCUT2D eigenvalue weighted by molar-refractivity contribution is 7.99. The second kappa shape index (κ2) is 6.78. The van der Waals surface area contributed by atoms with E-state index in [1.165, 1.54) is 0 Å². The van der Waals surface area contributed by atoms with Crippen molar-refractivity contribution in [2.75, 3.05) is 5.75 Å². The molecule has 3 rings (SSSR count). The highest BCUT2D eigenvalue weighted by Gasteiger charge is 2.15. The van der Waals surface area contributed by atoms with E-state index in [0.29, 0.717) is 5.56 Å². The molecule has 0 fully saturated rings. The van der Waals surface area contributed by atoms with Gasteiger partial charge in [0.25, 0.3) is 0 Å². The second-order valence-electron chi connectivity index (χ2n) is 4.62. The summed E-state index contributed by atoms with van der Waals surface area (Å²) in [6.07, 6.45) is 0. The Morgan fingerprint density at radius 1 is 1.18 bits per heavy atom. The first kappa shape index (κ1) is 14.8. The molecule has 0 aliphatic rings. The Labute approximate surface area is 138 Å². The van der Waals surface area contributed by atoms with Gasteiger partial charge in [0.1, 0.15) is 11.1 Å². The molecule has 0 bridgehead atoms. The van der Waals surface area contributed by atoms with Crippen LogP contribution in [0, 0.1) is 11.3 Å². The predicted molar refractivity (Wildman–Crippen MR) is 94.1 cm³/mol. The van der Waals surface area contributed by atoms with Gasteiger partial charge in [-0.3, -0.25) is 0 Å². The Hall–Kier alpha value is -2.09. The number of rotatable bonds is 4. The first-order chi connectivity index (χ1) is 10.8. The molecule has 1 aromatic carbocycles. The average Bonchev–Trinajstić information content (AvgIpc) is 3.10. The van der Waals surface area contributed by atoms with Crippen molar-refractivity contribution in [3.05, 3.63) is 59.5 Å². The zero-order chi connectivity index (χ0) is 15.4. The van der Waals surface area contributed by atoms with Crippen LogP contribution in [-0.2, 0) is 0 Å².